The van der Waals surface area contributed by atoms with Gasteiger partial charge in [0.25, 0.3) is 0 Å². The summed E-state index contributed by atoms with van der Waals surface area (Å²) >= 11 is 0. The summed E-state index contributed by atoms with van der Waals surface area (Å²) in [4.78, 5) is 23.9. The molecule has 2 heterocycles. The lowest BCUT2D eigenvalue weighted by atomic mass is 10.0. The molecule has 2 aromatic carbocycles. The van der Waals surface area contributed by atoms with E-state index in [9.17, 15) is 4.79 Å². The lowest BCUT2D eigenvalue weighted by Crippen LogP contribution is -2.40. The monoisotopic (exact) mass is 360 g/mol. The van der Waals surface area contributed by atoms with Crippen molar-refractivity contribution in [1.29, 1.82) is 0 Å². The van der Waals surface area contributed by atoms with Crippen LogP contribution >= 0.6 is 0 Å². The Hall–Kier alpha value is -2.95. The van der Waals surface area contributed by atoms with E-state index >= 15 is 0 Å². The molecule has 5 heteroatoms. The number of nitrogens with one attached hydrogen (secondary N) is 1. The number of fused-ring (bicyclic) bond motifs is 1. The first kappa shape index (κ1) is 17.5. The van der Waals surface area contributed by atoms with Crippen LogP contribution in [0.1, 0.15) is 38.2 Å². The molecule has 0 spiro atoms. The van der Waals surface area contributed by atoms with Gasteiger partial charge in [-0.1, -0.05) is 38.1 Å². The van der Waals surface area contributed by atoms with Gasteiger partial charge in [0.15, 0.2) is 0 Å². The van der Waals surface area contributed by atoms with Gasteiger partial charge in [0.2, 0.25) is 5.91 Å². The van der Waals surface area contributed by atoms with Crippen LogP contribution in [0.5, 0.6) is 0 Å². The van der Waals surface area contributed by atoms with Crippen LogP contribution in [0.2, 0.25) is 0 Å². The van der Waals surface area contributed by atoms with E-state index in [0.717, 1.165) is 41.8 Å². The molecule has 1 aliphatic rings. The number of aromatic nitrogens is 2. The standard InChI is InChI=1S/C22H24N4O/c1-15(2)16-9-11-17(12-10-16)25-22(27)20-8-5-13-26(20)21-18-6-3-4-7-19(18)23-14-24-21/h3-4,6-7,9-12,14-15,20H,5,8,13H2,1-2H3,(H,25,27)/t20-/m0/s1. The van der Waals surface area contributed by atoms with Crippen molar-refractivity contribution in [3.05, 3.63) is 60.4 Å². The molecule has 1 N–H and O–H groups in total. The molecular weight excluding hydrogens is 336 g/mol. The Kier molecular flexibility index (Phi) is 4.75. The van der Waals surface area contributed by atoms with Crippen molar-refractivity contribution in [3.8, 4) is 0 Å². The Balaban J connectivity index is 1.56. The maximum absolute atomic E-state index is 13.0. The van der Waals surface area contributed by atoms with Crippen molar-refractivity contribution in [2.45, 2.75) is 38.6 Å². The van der Waals surface area contributed by atoms with Gasteiger partial charge in [0.05, 0.1) is 5.52 Å². The molecule has 0 aliphatic carbocycles. The summed E-state index contributed by atoms with van der Waals surface area (Å²) in [6.45, 7) is 5.15. The van der Waals surface area contributed by atoms with Gasteiger partial charge in [-0.2, -0.15) is 0 Å². The number of hydrogen-bond donors (Lipinski definition) is 1. The van der Waals surface area contributed by atoms with Gasteiger partial charge in [0, 0.05) is 17.6 Å². The molecule has 1 amide bonds. The zero-order chi connectivity index (χ0) is 18.8. The second kappa shape index (κ2) is 7.35. The van der Waals surface area contributed by atoms with Gasteiger partial charge in [-0.25, -0.2) is 9.97 Å². The van der Waals surface area contributed by atoms with Crippen molar-refractivity contribution in [3.63, 3.8) is 0 Å². The van der Waals surface area contributed by atoms with E-state index in [-0.39, 0.29) is 11.9 Å². The van der Waals surface area contributed by atoms with E-state index in [1.807, 2.05) is 36.4 Å². The first-order valence-corrected chi connectivity index (χ1v) is 9.50. The Morgan fingerprint density at radius 2 is 1.89 bits per heavy atom. The zero-order valence-electron chi connectivity index (χ0n) is 15.7. The average molecular weight is 360 g/mol. The number of anilines is 2. The SMILES string of the molecule is CC(C)c1ccc(NC(=O)[C@@H]2CCCN2c2ncnc3ccccc23)cc1. The maximum Gasteiger partial charge on any atom is 0.247 e. The van der Waals surface area contributed by atoms with E-state index < -0.39 is 0 Å². The van der Waals surface area contributed by atoms with Crippen LogP contribution in [-0.4, -0.2) is 28.5 Å². The quantitative estimate of drug-likeness (QED) is 0.751. The Morgan fingerprint density at radius 1 is 1.11 bits per heavy atom. The van der Waals surface area contributed by atoms with Crippen molar-refractivity contribution >= 4 is 28.3 Å². The van der Waals surface area contributed by atoms with E-state index in [1.165, 1.54) is 5.56 Å². The molecule has 1 saturated heterocycles. The molecule has 0 radical (unpaired) electrons. The van der Waals surface area contributed by atoms with Gasteiger partial charge in [0.1, 0.15) is 18.2 Å². The van der Waals surface area contributed by atoms with E-state index in [0.29, 0.717) is 5.92 Å². The number of carbonyl (C=O) groups excluding carboxylic acids is 1. The predicted molar refractivity (Wildman–Crippen MR) is 109 cm³/mol. The molecule has 4 rings (SSSR count). The lowest BCUT2D eigenvalue weighted by Gasteiger charge is -2.25. The van der Waals surface area contributed by atoms with Gasteiger partial charge in [-0.3, -0.25) is 4.79 Å². The summed E-state index contributed by atoms with van der Waals surface area (Å²) < 4.78 is 0. The van der Waals surface area contributed by atoms with Crippen molar-refractivity contribution in [1.82, 2.24) is 9.97 Å². The predicted octanol–water partition coefficient (Wildman–Crippen LogP) is 4.36. The minimum Gasteiger partial charge on any atom is -0.344 e. The van der Waals surface area contributed by atoms with Crippen molar-refractivity contribution in [2.24, 2.45) is 0 Å². The summed E-state index contributed by atoms with van der Waals surface area (Å²) in [6.07, 6.45) is 3.38. The Labute approximate surface area is 159 Å². The number of amides is 1. The summed E-state index contributed by atoms with van der Waals surface area (Å²) in [5.41, 5.74) is 3.00. The minimum atomic E-state index is -0.215. The molecule has 5 nitrogen and oxygen atoms in total. The first-order chi connectivity index (χ1) is 13.1. The third-order valence-corrected chi connectivity index (χ3v) is 5.19. The molecule has 138 valence electrons. The highest BCUT2D eigenvalue weighted by Crippen LogP contribution is 2.30. The van der Waals surface area contributed by atoms with Gasteiger partial charge < -0.3 is 10.2 Å². The van der Waals surface area contributed by atoms with Crippen LogP contribution in [-0.2, 0) is 4.79 Å². The zero-order valence-corrected chi connectivity index (χ0v) is 15.7. The number of nitrogens with zero attached hydrogens (tertiary/aromatic N) is 3. The van der Waals surface area contributed by atoms with Crippen LogP contribution in [0.15, 0.2) is 54.9 Å². The molecule has 1 atom stereocenters. The van der Waals surface area contributed by atoms with Crippen molar-refractivity contribution in [2.75, 3.05) is 16.8 Å². The van der Waals surface area contributed by atoms with Crippen molar-refractivity contribution < 1.29 is 4.79 Å². The molecule has 0 saturated carbocycles. The number of para-hydroxylation sites is 1. The Bertz CT molecular complexity index is 947. The van der Waals surface area contributed by atoms with Crippen LogP contribution in [0.25, 0.3) is 10.9 Å². The number of rotatable bonds is 4. The van der Waals surface area contributed by atoms with Gasteiger partial charge >= 0.3 is 0 Å². The number of hydrogen-bond acceptors (Lipinski definition) is 4. The van der Waals surface area contributed by atoms with E-state index in [1.54, 1.807) is 6.33 Å². The molecule has 1 fully saturated rings. The van der Waals surface area contributed by atoms with Crippen LogP contribution < -0.4 is 10.2 Å². The molecule has 0 bridgehead atoms. The van der Waals surface area contributed by atoms with E-state index in [4.69, 9.17) is 0 Å². The fourth-order valence-electron chi connectivity index (χ4n) is 3.69. The summed E-state index contributed by atoms with van der Waals surface area (Å²) in [7, 11) is 0. The topological polar surface area (TPSA) is 58.1 Å². The average Bonchev–Trinajstić information content (AvgIpc) is 3.18. The van der Waals surface area contributed by atoms with Crippen LogP contribution in [0.3, 0.4) is 0 Å². The summed E-state index contributed by atoms with van der Waals surface area (Å²) in [5.74, 6) is 1.34. The molecule has 27 heavy (non-hydrogen) atoms. The molecule has 1 aliphatic heterocycles. The van der Waals surface area contributed by atoms with Gasteiger partial charge in [-0.15, -0.1) is 0 Å². The third kappa shape index (κ3) is 3.50. The van der Waals surface area contributed by atoms with Crippen LogP contribution in [0, 0.1) is 0 Å². The fraction of sp³-hybridized carbons (Fsp3) is 0.318. The highest BCUT2D eigenvalue weighted by atomic mass is 16.2. The number of benzene rings is 2. The molecular formula is C22H24N4O. The van der Waals surface area contributed by atoms with Gasteiger partial charge in [-0.05, 0) is 48.6 Å². The number of carbonyl (C=O) groups is 1. The summed E-state index contributed by atoms with van der Waals surface area (Å²) in [5, 5.41) is 4.06. The molecule has 3 aromatic rings. The largest absolute Gasteiger partial charge is 0.344 e. The maximum atomic E-state index is 13.0. The highest BCUT2D eigenvalue weighted by molar-refractivity contribution is 5.99. The van der Waals surface area contributed by atoms with E-state index in [2.05, 4.69) is 46.2 Å². The summed E-state index contributed by atoms with van der Waals surface area (Å²) in [6, 6.07) is 15.8. The molecule has 1 aromatic heterocycles. The first-order valence-electron chi connectivity index (χ1n) is 9.50. The minimum absolute atomic E-state index is 0.0208. The highest BCUT2D eigenvalue weighted by Gasteiger charge is 2.32. The second-order valence-corrected chi connectivity index (χ2v) is 7.33. The third-order valence-electron chi connectivity index (χ3n) is 5.19. The lowest BCUT2D eigenvalue weighted by molar-refractivity contribution is -0.117. The second-order valence-electron chi connectivity index (χ2n) is 7.33. The smallest absolute Gasteiger partial charge is 0.247 e. The van der Waals surface area contributed by atoms with Crippen LogP contribution in [0.4, 0.5) is 11.5 Å². The molecule has 0 unspecified atom stereocenters. The fourth-order valence-corrected chi connectivity index (χ4v) is 3.69. The normalized spacial score (nSPS) is 16.9. The Morgan fingerprint density at radius 3 is 2.67 bits per heavy atom.